The second kappa shape index (κ2) is 7.48. The van der Waals surface area contributed by atoms with Gasteiger partial charge in [0.25, 0.3) is 0 Å². The molecule has 2 aromatic rings. The van der Waals surface area contributed by atoms with Crippen molar-refractivity contribution in [1.82, 2.24) is 5.32 Å². The van der Waals surface area contributed by atoms with E-state index < -0.39 is 0 Å². The van der Waals surface area contributed by atoms with Crippen molar-refractivity contribution in [3.05, 3.63) is 64.2 Å². The van der Waals surface area contributed by atoms with Crippen LogP contribution in [0.1, 0.15) is 30.5 Å². The molecule has 0 aromatic heterocycles. The fourth-order valence-electron chi connectivity index (χ4n) is 2.11. The fourth-order valence-corrected chi connectivity index (χ4v) is 2.35. The van der Waals surface area contributed by atoms with Gasteiger partial charge in [0.2, 0.25) is 0 Å². The molecule has 0 saturated heterocycles. The monoisotopic (exact) mass is 303 g/mol. The predicted molar refractivity (Wildman–Crippen MR) is 88.9 cm³/mol. The Bertz CT molecular complexity index is 596. The summed E-state index contributed by atoms with van der Waals surface area (Å²) in [6, 6.07) is 14.5. The molecule has 0 saturated carbocycles. The summed E-state index contributed by atoms with van der Waals surface area (Å²) in [6.45, 7) is 7.58. The van der Waals surface area contributed by atoms with E-state index in [1.54, 1.807) is 0 Å². The highest BCUT2D eigenvalue weighted by Crippen LogP contribution is 2.27. The minimum atomic E-state index is 0.408. The highest BCUT2D eigenvalue weighted by molar-refractivity contribution is 6.31. The summed E-state index contributed by atoms with van der Waals surface area (Å²) < 4.78 is 5.97. The maximum atomic E-state index is 6.30. The van der Waals surface area contributed by atoms with E-state index in [1.165, 1.54) is 5.56 Å². The first-order chi connectivity index (χ1) is 10.1. The highest BCUT2D eigenvalue weighted by Gasteiger charge is 2.09. The molecule has 0 bridgehead atoms. The maximum Gasteiger partial charge on any atom is 0.125 e. The fraction of sp³-hybridized carbons (Fsp3) is 0.333. The van der Waals surface area contributed by atoms with E-state index in [0.29, 0.717) is 19.2 Å². The molecule has 2 nitrogen and oxygen atoms in total. The van der Waals surface area contributed by atoms with Crippen LogP contribution in [-0.2, 0) is 13.2 Å². The summed E-state index contributed by atoms with van der Waals surface area (Å²) in [5, 5.41) is 4.13. The van der Waals surface area contributed by atoms with Gasteiger partial charge >= 0.3 is 0 Å². The van der Waals surface area contributed by atoms with Crippen LogP contribution in [0.4, 0.5) is 0 Å². The molecule has 0 spiro atoms. The van der Waals surface area contributed by atoms with Crippen LogP contribution in [0.2, 0.25) is 5.02 Å². The molecule has 2 rings (SSSR count). The van der Waals surface area contributed by atoms with E-state index in [1.807, 2.05) is 24.3 Å². The van der Waals surface area contributed by atoms with Crippen LogP contribution < -0.4 is 10.1 Å². The number of halogens is 1. The van der Waals surface area contributed by atoms with Crippen LogP contribution in [0.3, 0.4) is 0 Å². The lowest BCUT2D eigenvalue weighted by Crippen LogP contribution is -2.22. The third-order valence-electron chi connectivity index (χ3n) is 3.24. The summed E-state index contributed by atoms with van der Waals surface area (Å²) in [5.41, 5.74) is 3.42. The zero-order valence-corrected chi connectivity index (χ0v) is 13.6. The third kappa shape index (κ3) is 4.76. The van der Waals surface area contributed by atoms with Crippen LogP contribution in [0.25, 0.3) is 0 Å². The van der Waals surface area contributed by atoms with E-state index >= 15 is 0 Å². The van der Waals surface area contributed by atoms with Crippen molar-refractivity contribution in [3.63, 3.8) is 0 Å². The molecule has 1 N–H and O–H groups in total. The Labute approximate surface area is 132 Å². The van der Waals surface area contributed by atoms with Gasteiger partial charge in [-0.25, -0.2) is 0 Å². The minimum absolute atomic E-state index is 0.408. The van der Waals surface area contributed by atoms with Gasteiger partial charge in [-0.15, -0.1) is 0 Å². The second-order valence-electron chi connectivity index (χ2n) is 5.53. The van der Waals surface area contributed by atoms with Crippen molar-refractivity contribution < 1.29 is 4.74 Å². The normalized spacial score (nSPS) is 10.9. The van der Waals surface area contributed by atoms with Gasteiger partial charge in [-0.3, -0.25) is 0 Å². The molecule has 0 heterocycles. The summed E-state index contributed by atoms with van der Waals surface area (Å²) in [4.78, 5) is 0. The smallest absolute Gasteiger partial charge is 0.125 e. The first-order valence-electron chi connectivity index (χ1n) is 7.25. The molecular weight excluding hydrogens is 282 g/mol. The first kappa shape index (κ1) is 15.9. The van der Waals surface area contributed by atoms with Gasteiger partial charge in [-0.1, -0.05) is 61.3 Å². The zero-order chi connectivity index (χ0) is 15.2. The van der Waals surface area contributed by atoms with E-state index in [9.17, 15) is 0 Å². The van der Waals surface area contributed by atoms with E-state index in [-0.39, 0.29) is 0 Å². The Balaban J connectivity index is 2.10. The number of hydrogen-bond acceptors (Lipinski definition) is 2. The molecule has 0 fully saturated rings. The van der Waals surface area contributed by atoms with Crippen molar-refractivity contribution in [2.24, 2.45) is 0 Å². The third-order valence-corrected chi connectivity index (χ3v) is 3.59. The number of nitrogens with one attached hydrogen (secondary N) is 1. The quantitative estimate of drug-likeness (QED) is 0.833. The van der Waals surface area contributed by atoms with Crippen molar-refractivity contribution in [2.45, 2.75) is 40.0 Å². The Morgan fingerprint density at radius 3 is 2.62 bits per heavy atom. The average Bonchev–Trinajstić information content (AvgIpc) is 2.44. The van der Waals surface area contributed by atoms with E-state index in [4.69, 9.17) is 16.3 Å². The van der Waals surface area contributed by atoms with Crippen LogP contribution in [0, 0.1) is 6.92 Å². The predicted octanol–water partition coefficient (Wildman–Crippen LogP) is 4.73. The van der Waals surface area contributed by atoms with Crippen molar-refractivity contribution in [3.8, 4) is 5.75 Å². The SMILES string of the molecule is Cc1cccc(COc2cccc(Cl)c2CNC(C)C)c1. The van der Waals surface area contributed by atoms with E-state index in [2.05, 4.69) is 44.3 Å². The van der Waals surface area contributed by atoms with Crippen LogP contribution in [-0.4, -0.2) is 6.04 Å². The summed E-state index contributed by atoms with van der Waals surface area (Å²) in [7, 11) is 0. The van der Waals surface area contributed by atoms with Gasteiger partial charge in [0, 0.05) is 23.2 Å². The number of ether oxygens (including phenoxy) is 1. The Kier molecular flexibility index (Phi) is 5.66. The van der Waals surface area contributed by atoms with Gasteiger partial charge in [0.1, 0.15) is 12.4 Å². The molecule has 0 amide bonds. The Morgan fingerprint density at radius 2 is 1.90 bits per heavy atom. The van der Waals surface area contributed by atoms with Gasteiger partial charge < -0.3 is 10.1 Å². The largest absolute Gasteiger partial charge is 0.489 e. The summed E-state index contributed by atoms with van der Waals surface area (Å²) in [6.07, 6.45) is 0. The molecule has 2 aromatic carbocycles. The number of hydrogen-bond donors (Lipinski definition) is 1. The zero-order valence-electron chi connectivity index (χ0n) is 12.8. The molecule has 0 unspecified atom stereocenters. The summed E-state index contributed by atoms with van der Waals surface area (Å²) in [5.74, 6) is 0.845. The molecule has 21 heavy (non-hydrogen) atoms. The van der Waals surface area contributed by atoms with Crippen molar-refractivity contribution in [1.29, 1.82) is 0 Å². The van der Waals surface area contributed by atoms with Gasteiger partial charge in [-0.05, 0) is 24.6 Å². The number of benzene rings is 2. The van der Waals surface area contributed by atoms with Gasteiger partial charge in [-0.2, -0.15) is 0 Å². The maximum absolute atomic E-state index is 6.30. The molecule has 0 aliphatic carbocycles. The summed E-state index contributed by atoms with van der Waals surface area (Å²) >= 11 is 6.30. The molecular formula is C18H22ClNO. The lowest BCUT2D eigenvalue weighted by Gasteiger charge is -2.15. The lowest BCUT2D eigenvalue weighted by molar-refractivity contribution is 0.301. The molecule has 112 valence electrons. The van der Waals surface area contributed by atoms with Crippen LogP contribution in [0.5, 0.6) is 5.75 Å². The van der Waals surface area contributed by atoms with Gasteiger partial charge in [0.05, 0.1) is 0 Å². The number of aryl methyl sites for hydroxylation is 1. The van der Waals surface area contributed by atoms with Crippen LogP contribution in [0.15, 0.2) is 42.5 Å². The average molecular weight is 304 g/mol. The van der Waals surface area contributed by atoms with Crippen molar-refractivity contribution >= 4 is 11.6 Å². The first-order valence-corrected chi connectivity index (χ1v) is 7.63. The number of rotatable bonds is 6. The second-order valence-corrected chi connectivity index (χ2v) is 5.94. The molecule has 0 radical (unpaired) electrons. The Hall–Kier alpha value is -1.51. The topological polar surface area (TPSA) is 21.3 Å². The molecule has 3 heteroatoms. The molecule has 0 aliphatic rings. The Morgan fingerprint density at radius 1 is 1.14 bits per heavy atom. The minimum Gasteiger partial charge on any atom is -0.489 e. The highest BCUT2D eigenvalue weighted by atomic mass is 35.5. The molecule has 0 aliphatic heterocycles. The molecule has 0 atom stereocenters. The lowest BCUT2D eigenvalue weighted by atomic mass is 10.1. The van der Waals surface area contributed by atoms with Gasteiger partial charge in [0.15, 0.2) is 0 Å². The van der Waals surface area contributed by atoms with E-state index in [0.717, 1.165) is 21.9 Å². The van der Waals surface area contributed by atoms with Crippen molar-refractivity contribution in [2.75, 3.05) is 0 Å². The van der Waals surface area contributed by atoms with Crippen LogP contribution >= 0.6 is 11.6 Å². The standard InChI is InChI=1S/C18H22ClNO/c1-13(2)20-11-16-17(19)8-5-9-18(16)21-12-15-7-4-6-14(3)10-15/h4-10,13,20H,11-12H2,1-3H3.